The van der Waals surface area contributed by atoms with Gasteiger partial charge >= 0.3 is 5.97 Å². The zero-order valence-corrected chi connectivity index (χ0v) is 9.23. The Morgan fingerprint density at radius 2 is 2.35 bits per heavy atom. The highest BCUT2D eigenvalue weighted by atomic mass is 16.5. The molecule has 0 atom stereocenters. The Kier molecular flexibility index (Phi) is 2.93. The second-order valence-electron chi connectivity index (χ2n) is 3.48. The van der Waals surface area contributed by atoms with E-state index in [0.29, 0.717) is 5.56 Å². The average Bonchev–Trinajstić information content (AvgIpc) is 2.78. The zero-order valence-electron chi connectivity index (χ0n) is 9.23. The molecule has 0 aliphatic heterocycles. The van der Waals surface area contributed by atoms with Gasteiger partial charge in [0.2, 0.25) is 0 Å². The van der Waals surface area contributed by atoms with Gasteiger partial charge in [0.25, 0.3) is 0 Å². The van der Waals surface area contributed by atoms with Gasteiger partial charge in [-0.2, -0.15) is 5.26 Å². The lowest BCUT2D eigenvalue weighted by Crippen LogP contribution is -1.93. The summed E-state index contributed by atoms with van der Waals surface area (Å²) in [6, 6.07) is 7.69. The van der Waals surface area contributed by atoms with Crippen molar-refractivity contribution in [3.8, 4) is 6.07 Å². The van der Waals surface area contributed by atoms with E-state index in [1.807, 2.05) is 18.2 Å². The molecule has 0 bridgehead atoms. The maximum Gasteiger partial charge on any atom is 0.330 e. The highest BCUT2D eigenvalue weighted by Crippen LogP contribution is 2.19. The number of fused-ring (bicyclic) bond motifs is 1. The van der Waals surface area contributed by atoms with Crippen molar-refractivity contribution in [2.75, 3.05) is 7.11 Å². The van der Waals surface area contributed by atoms with Crippen LogP contribution >= 0.6 is 0 Å². The fourth-order valence-electron chi connectivity index (χ4n) is 1.57. The molecular weight excluding hydrogens is 216 g/mol. The van der Waals surface area contributed by atoms with Gasteiger partial charge < -0.3 is 9.72 Å². The number of nitrogens with one attached hydrogen (secondary N) is 1. The monoisotopic (exact) mass is 226 g/mol. The van der Waals surface area contributed by atoms with Crippen LogP contribution in [0.3, 0.4) is 0 Å². The van der Waals surface area contributed by atoms with E-state index < -0.39 is 5.97 Å². The number of carbonyl (C=O) groups is 1. The van der Waals surface area contributed by atoms with E-state index in [-0.39, 0.29) is 0 Å². The SMILES string of the molecule is COC(=O)/C=C/c1ccc2[nH]cc(C#N)c2c1. The molecule has 1 aromatic heterocycles. The number of hydrogen-bond acceptors (Lipinski definition) is 3. The van der Waals surface area contributed by atoms with E-state index >= 15 is 0 Å². The number of esters is 1. The minimum Gasteiger partial charge on any atom is -0.466 e. The van der Waals surface area contributed by atoms with Crippen LogP contribution in [0.2, 0.25) is 0 Å². The minimum absolute atomic E-state index is 0.403. The summed E-state index contributed by atoms with van der Waals surface area (Å²) in [6.07, 6.45) is 4.66. The summed E-state index contributed by atoms with van der Waals surface area (Å²) in [4.78, 5) is 14.0. The van der Waals surface area contributed by atoms with Crippen LogP contribution in [0, 0.1) is 11.3 Å². The van der Waals surface area contributed by atoms with E-state index in [4.69, 9.17) is 5.26 Å². The van der Waals surface area contributed by atoms with Crippen LogP contribution in [0.15, 0.2) is 30.5 Å². The second kappa shape index (κ2) is 4.54. The maximum atomic E-state index is 11.0. The number of rotatable bonds is 2. The van der Waals surface area contributed by atoms with Crippen molar-refractivity contribution in [2.24, 2.45) is 0 Å². The molecular formula is C13H10N2O2. The summed E-state index contributed by atoms with van der Waals surface area (Å²) in [5.41, 5.74) is 2.34. The third kappa shape index (κ3) is 2.18. The smallest absolute Gasteiger partial charge is 0.330 e. The number of aromatic amines is 1. The molecule has 0 aliphatic rings. The summed E-state index contributed by atoms with van der Waals surface area (Å²) in [5, 5.41) is 9.76. The first-order valence-electron chi connectivity index (χ1n) is 5.02. The molecule has 0 saturated carbocycles. The fraction of sp³-hybridized carbons (Fsp3) is 0.0769. The molecule has 0 amide bonds. The number of benzene rings is 1. The average molecular weight is 226 g/mol. The van der Waals surface area contributed by atoms with Crippen LogP contribution in [0.5, 0.6) is 0 Å². The van der Waals surface area contributed by atoms with Crippen molar-refractivity contribution in [2.45, 2.75) is 0 Å². The molecule has 1 N–H and O–H groups in total. The van der Waals surface area contributed by atoms with Crippen LogP contribution in [0.1, 0.15) is 11.1 Å². The van der Waals surface area contributed by atoms with Gasteiger partial charge in [0.05, 0.1) is 12.7 Å². The van der Waals surface area contributed by atoms with Gasteiger partial charge in [0, 0.05) is 23.2 Å². The molecule has 0 aliphatic carbocycles. The Labute approximate surface area is 98.1 Å². The van der Waals surface area contributed by atoms with Crippen molar-refractivity contribution in [1.29, 1.82) is 5.26 Å². The lowest BCUT2D eigenvalue weighted by Gasteiger charge is -1.95. The highest BCUT2D eigenvalue weighted by molar-refractivity contribution is 5.90. The topological polar surface area (TPSA) is 65.9 Å². The van der Waals surface area contributed by atoms with Gasteiger partial charge in [-0.3, -0.25) is 0 Å². The molecule has 1 aromatic carbocycles. The summed E-state index contributed by atoms with van der Waals surface area (Å²) < 4.78 is 4.51. The largest absolute Gasteiger partial charge is 0.466 e. The third-order valence-corrected chi connectivity index (χ3v) is 2.44. The first-order valence-corrected chi connectivity index (χ1v) is 5.02. The molecule has 2 rings (SSSR count). The summed E-state index contributed by atoms with van der Waals surface area (Å²) >= 11 is 0. The van der Waals surface area contributed by atoms with Gasteiger partial charge in [-0.15, -0.1) is 0 Å². The molecule has 4 heteroatoms. The van der Waals surface area contributed by atoms with Gasteiger partial charge in [-0.05, 0) is 23.8 Å². The molecule has 0 unspecified atom stereocenters. The van der Waals surface area contributed by atoms with Crippen LogP contribution in [0.25, 0.3) is 17.0 Å². The van der Waals surface area contributed by atoms with Crippen LogP contribution in [-0.2, 0) is 9.53 Å². The maximum absolute atomic E-state index is 11.0. The molecule has 2 aromatic rings. The Morgan fingerprint density at radius 3 is 3.06 bits per heavy atom. The van der Waals surface area contributed by atoms with E-state index in [0.717, 1.165) is 16.5 Å². The number of nitrogens with zero attached hydrogens (tertiary/aromatic N) is 1. The summed E-state index contributed by atoms with van der Waals surface area (Å²) in [7, 11) is 1.33. The highest BCUT2D eigenvalue weighted by Gasteiger charge is 2.02. The first-order chi connectivity index (χ1) is 8.24. The fourth-order valence-corrected chi connectivity index (χ4v) is 1.57. The molecule has 0 saturated heterocycles. The molecule has 0 radical (unpaired) electrons. The summed E-state index contributed by atoms with van der Waals surface area (Å²) in [5.74, 6) is -0.403. The van der Waals surface area contributed by atoms with Crippen LogP contribution in [-0.4, -0.2) is 18.1 Å². The predicted octanol–water partition coefficient (Wildman–Crippen LogP) is 2.23. The predicted molar refractivity (Wildman–Crippen MR) is 64.1 cm³/mol. The Hall–Kier alpha value is -2.54. The standard InChI is InChI=1S/C13H10N2O2/c1-17-13(16)5-3-9-2-4-12-11(6-9)10(7-14)8-15-12/h2-6,8,15H,1H3/b5-3+. The van der Waals surface area contributed by atoms with Crippen LogP contribution < -0.4 is 0 Å². The van der Waals surface area contributed by atoms with E-state index in [1.165, 1.54) is 13.2 Å². The number of aromatic nitrogens is 1. The normalized spacial score (nSPS) is 10.6. The Bertz CT molecular complexity index is 632. The van der Waals surface area contributed by atoms with E-state index in [1.54, 1.807) is 12.3 Å². The number of ether oxygens (including phenoxy) is 1. The lowest BCUT2D eigenvalue weighted by atomic mass is 10.1. The quantitative estimate of drug-likeness (QED) is 0.630. The van der Waals surface area contributed by atoms with E-state index in [9.17, 15) is 4.79 Å². The Morgan fingerprint density at radius 1 is 1.53 bits per heavy atom. The van der Waals surface area contributed by atoms with Gasteiger partial charge in [-0.1, -0.05) is 6.07 Å². The molecule has 4 nitrogen and oxygen atoms in total. The van der Waals surface area contributed by atoms with Gasteiger partial charge in [0.1, 0.15) is 6.07 Å². The molecule has 0 fully saturated rings. The molecule has 17 heavy (non-hydrogen) atoms. The second-order valence-corrected chi connectivity index (χ2v) is 3.48. The van der Waals surface area contributed by atoms with Crippen molar-refractivity contribution in [3.05, 3.63) is 41.6 Å². The molecule has 1 heterocycles. The van der Waals surface area contributed by atoms with Crippen LogP contribution in [0.4, 0.5) is 0 Å². The van der Waals surface area contributed by atoms with E-state index in [2.05, 4.69) is 15.8 Å². The van der Waals surface area contributed by atoms with Crippen molar-refractivity contribution < 1.29 is 9.53 Å². The molecule has 0 spiro atoms. The molecule has 84 valence electrons. The van der Waals surface area contributed by atoms with Crippen molar-refractivity contribution in [1.82, 2.24) is 4.98 Å². The Balaban J connectivity index is 2.40. The minimum atomic E-state index is -0.403. The zero-order chi connectivity index (χ0) is 12.3. The number of methoxy groups -OCH3 is 1. The van der Waals surface area contributed by atoms with Gasteiger partial charge in [-0.25, -0.2) is 4.79 Å². The number of carbonyl (C=O) groups excluding carboxylic acids is 1. The third-order valence-electron chi connectivity index (χ3n) is 2.44. The van der Waals surface area contributed by atoms with Crippen molar-refractivity contribution in [3.63, 3.8) is 0 Å². The number of nitriles is 1. The lowest BCUT2D eigenvalue weighted by molar-refractivity contribution is -0.134. The van der Waals surface area contributed by atoms with Crippen molar-refractivity contribution >= 4 is 22.9 Å². The first kappa shape index (κ1) is 11.0. The van der Waals surface area contributed by atoms with Gasteiger partial charge in [0.15, 0.2) is 0 Å². The number of hydrogen-bond donors (Lipinski definition) is 1. The number of H-pyrrole nitrogens is 1. The summed E-state index contributed by atoms with van der Waals surface area (Å²) in [6.45, 7) is 0.